The molecule has 0 aliphatic heterocycles. The first-order valence-corrected chi connectivity index (χ1v) is 10.6. The van der Waals surface area contributed by atoms with Gasteiger partial charge in [0, 0.05) is 6.04 Å². The number of hydrogen-bond acceptors (Lipinski definition) is 3. The zero-order chi connectivity index (χ0) is 16.4. The highest BCUT2D eigenvalue weighted by atomic mass is 32.2. The SMILES string of the molecule is NS(=O)(=O)N[C@@H](CC1CCCCC1)C(=O)NC1C[C@@H]2CC[C@H]1C2. The first kappa shape index (κ1) is 17.2. The van der Waals surface area contributed by atoms with Crippen LogP contribution in [0, 0.1) is 17.8 Å². The Bertz CT molecular complexity index is 531. The fourth-order valence-corrected chi connectivity index (χ4v) is 5.47. The van der Waals surface area contributed by atoms with Gasteiger partial charge in [-0.25, -0.2) is 5.14 Å². The second-order valence-corrected chi connectivity index (χ2v) is 9.07. The Hall–Kier alpha value is -0.660. The van der Waals surface area contributed by atoms with Gasteiger partial charge in [0.2, 0.25) is 5.91 Å². The normalized spacial score (nSPS) is 32.8. The number of nitrogens with one attached hydrogen (secondary N) is 2. The van der Waals surface area contributed by atoms with Gasteiger partial charge in [-0.1, -0.05) is 38.5 Å². The molecule has 1 unspecified atom stereocenters. The van der Waals surface area contributed by atoms with Gasteiger partial charge in [-0.15, -0.1) is 0 Å². The molecule has 3 rings (SSSR count). The van der Waals surface area contributed by atoms with E-state index in [2.05, 4.69) is 10.0 Å². The van der Waals surface area contributed by atoms with Gasteiger partial charge in [0.25, 0.3) is 10.2 Å². The topological polar surface area (TPSA) is 101 Å². The second kappa shape index (κ2) is 7.07. The summed E-state index contributed by atoms with van der Waals surface area (Å²) in [5.41, 5.74) is 0. The number of amides is 1. The lowest BCUT2D eigenvalue weighted by molar-refractivity contribution is -0.124. The Morgan fingerprint density at radius 1 is 1.09 bits per heavy atom. The summed E-state index contributed by atoms with van der Waals surface area (Å²) >= 11 is 0. The monoisotopic (exact) mass is 343 g/mol. The van der Waals surface area contributed by atoms with Crippen molar-refractivity contribution in [2.24, 2.45) is 22.9 Å². The third-order valence-corrected chi connectivity index (χ3v) is 6.60. The highest BCUT2D eigenvalue weighted by Gasteiger charge is 2.41. The summed E-state index contributed by atoms with van der Waals surface area (Å²) in [5.74, 6) is 1.54. The van der Waals surface area contributed by atoms with E-state index in [1.165, 1.54) is 38.5 Å². The molecular weight excluding hydrogens is 314 g/mol. The molecule has 0 radical (unpaired) electrons. The van der Waals surface area contributed by atoms with Crippen LogP contribution in [0.4, 0.5) is 0 Å². The molecule has 0 aromatic rings. The van der Waals surface area contributed by atoms with Gasteiger partial charge >= 0.3 is 0 Å². The van der Waals surface area contributed by atoms with E-state index >= 15 is 0 Å². The summed E-state index contributed by atoms with van der Waals surface area (Å²) in [4.78, 5) is 12.6. The zero-order valence-corrected chi connectivity index (χ0v) is 14.5. The molecule has 0 aromatic heterocycles. The summed E-state index contributed by atoms with van der Waals surface area (Å²) in [6, 6.07) is -0.510. The Labute approximate surface area is 139 Å². The molecule has 0 aromatic carbocycles. The van der Waals surface area contributed by atoms with Crippen molar-refractivity contribution >= 4 is 16.1 Å². The summed E-state index contributed by atoms with van der Waals surface area (Å²) < 4.78 is 25.2. The van der Waals surface area contributed by atoms with E-state index in [1.807, 2.05) is 0 Å². The maximum atomic E-state index is 12.6. The van der Waals surface area contributed by atoms with Gasteiger partial charge in [0.1, 0.15) is 6.04 Å². The lowest BCUT2D eigenvalue weighted by Crippen LogP contribution is -2.52. The van der Waals surface area contributed by atoms with Crippen LogP contribution in [0.1, 0.15) is 64.2 Å². The van der Waals surface area contributed by atoms with Crippen LogP contribution < -0.4 is 15.2 Å². The molecule has 3 saturated carbocycles. The first-order chi connectivity index (χ1) is 10.9. The van der Waals surface area contributed by atoms with Crippen molar-refractivity contribution in [1.82, 2.24) is 10.0 Å². The van der Waals surface area contributed by atoms with Gasteiger partial charge in [-0.05, 0) is 43.4 Å². The predicted octanol–water partition coefficient (Wildman–Crippen LogP) is 1.42. The van der Waals surface area contributed by atoms with E-state index in [9.17, 15) is 13.2 Å². The fraction of sp³-hybridized carbons (Fsp3) is 0.938. The van der Waals surface area contributed by atoms with Gasteiger partial charge in [-0.3, -0.25) is 4.79 Å². The zero-order valence-electron chi connectivity index (χ0n) is 13.7. The number of carbonyl (C=O) groups excluding carboxylic acids is 1. The van der Waals surface area contributed by atoms with Crippen LogP contribution in [0.5, 0.6) is 0 Å². The lowest BCUT2D eigenvalue weighted by Gasteiger charge is -2.29. The summed E-state index contributed by atoms with van der Waals surface area (Å²) in [6.45, 7) is 0. The minimum absolute atomic E-state index is 0.192. The lowest BCUT2D eigenvalue weighted by atomic mass is 9.84. The Balaban J connectivity index is 1.60. The van der Waals surface area contributed by atoms with Gasteiger partial charge < -0.3 is 5.32 Å². The number of rotatable bonds is 6. The highest BCUT2D eigenvalue weighted by Crippen LogP contribution is 2.44. The van der Waals surface area contributed by atoms with Crippen molar-refractivity contribution < 1.29 is 13.2 Å². The molecular formula is C16H29N3O3S. The molecule has 4 N–H and O–H groups in total. The average molecular weight is 343 g/mol. The molecule has 3 aliphatic carbocycles. The molecule has 2 bridgehead atoms. The van der Waals surface area contributed by atoms with Crippen molar-refractivity contribution in [3.63, 3.8) is 0 Å². The largest absolute Gasteiger partial charge is 0.352 e. The van der Waals surface area contributed by atoms with Crippen LogP contribution in [-0.2, 0) is 15.0 Å². The number of fused-ring (bicyclic) bond motifs is 2. The quantitative estimate of drug-likeness (QED) is 0.680. The number of hydrogen-bond donors (Lipinski definition) is 3. The average Bonchev–Trinajstić information content (AvgIpc) is 3.09. The van der Waals surface area contributed by atoms with Crippen LogP contribution in [0.2, 0.25) is 0 Å². The van der Waals surface area contributed by atoms with Gasteiger partial charge in [0.05, 0.1) is 0 Å². The van der Waals surface area contributed by atoms with Crippen LogP contribution in [-0.4, -0.2) is 26.4 Å². The predicted molar refractivity (Wildman–Crippen MR) is 88.6 cm³/mol. The number of nitrogens with two attached hydrogens (primary N) is 1. The fourth-order valence-electron chi connectivity index (χ4n) is 4.87. The van der Waals surface area contributed by atoms with E-state index in [0.29, 0.717) is 18.3 Å². The molecule has 7 heteroatoms. The maximum Gasteiger partial charge on any atom is 0.275 e. The van der Waals surface area contributed by atoms with Crippen LogP contribution >= 0.6 is 0 Å². The van der Waals surface area contributed by atoms with Crippen molar-refractivity contribution in [2.45, 2.75) is 76.3 Å². The minimum atomic E-state index is -3.87. The molecule has 3 aliphatic rings. The van der Waals surface area contributed by atoms with E-state index < -0.39 is 16.3 Å². The van der Waals surface area contributed by atoms with E-state index in [4.69, 9.17) is 5.14 Å². The standard InChI is InChI=1S/C16H29N3O3S/c17-23(21,22)19-15(9-11-4-2-1-3-5-11)16(20)18-14-10-12-6-7-13(14)8-12/h11-15,19H,1-10H2,(H,18,20)(H2,17,21,22)/t12-,13+,14?,15+/m1/s1. The van der Waals surface area contributed by atoms with Crippen LogP contribution in [0.15, 0.2) is 0 Å². The van der Waals surface area contributed by atoms with E-state index in [0.717, 1.165) is 25.2 Å². The maximum absolute atomic E-state index is 12.6. The van der Waals surface area contributed by atoms with Crippen molar-refractivity contribution in [1.29, 1.82) is 0 Å². The molecule has 6 nitrogen and oxygen atoms in total. The number of carbonyl (C=O) groups is 1. The Morgan fingerprint density at radius 3 is 2.39 bits per heavy atom. The summed E-state index contributed by atoms with van der Waals surface area (Å²) in [7, 11) is -3.87. The van der Waals surface area contributed by atoms with E-state index in [1.54, 1.807) is 0 Å². The molecule has 0 spiro atoms. The highest BCUT2D eigenvalue weighted by molar-refractivity contribution is 7.87. The third-order valence-electron chi connectivity index (χ3n) is 5.98. The molecule has 3 fully saturated rings. The third kappa shape index (κ3) is 4.67. The molecule has 0 heterocycles. The van der Waals surface area contributed by atoms with Crippen LogP contribution in [0.25, 0.3) is 0 Å². The minimum Gasteiger partial charge on any atom is -0.352 e. The summed E-state index contributed by atoms with van der Waals surface area (Å²) in [6.07, 6.45) is 11.0. The van der Waals surface area contributed by atoms with Gasteiger partial charge in [0.15, 0.2) is 0 Å². The van der Waals surface area contributed by atoms with E-state index in [-0.39, 0.29) is 11.9 Å². The Morgan fingerprint density at radius 2 is 1.83 bits per heavy atom. The van der Waals surface area contributed by atoms with Crippen molar-refractivity contribution in [3.8, 4) is 0 Å². The molecule has 132 valence electrons. The second-order valence-electron chi connectivity index (χ2n) is 7.75. The molecule has 1 amide bonds. The van der Waals surface area contributed by atoms with Gasteiger partial charge in [-0.2, -0.15) is 13.1 Å². The molecule has 4 atom stereocenters. The van der Waals surface area contributed by atoms with Crippen LogP contribution in [0.3, 0.4) is 0 Å². The van der Waals surface area contributed by atoms with Crippen molar-refractivity contribution in [2.75, 3.05) is 0 Å². The molecule has 23 heavy (non-hydrogen) atoms. The smallest absolute Gasteiger partial charge is 0.275 e. The summed E-state index contributed by atoms with van der Waals surface area (Å²) in [5, 5.41) is 8.23. The first-order valence-electron chi connectivity index (χ1n) is 9.01. The Kier molecular flexibility index (Phi) is 5.28. The molecule has 0 saturated heterocycles. The van der Waals surface area contributed by atoms with Crippen molar-refractivity contribution in [3.05, 3.63) is 0 Å².